The van der Waals surface area contributed by atoms with Crippen LogP contribution in [0.15, 0.2) is 109 Å². The molecule has 0 aromatic heterocycles. The van der Waals surface area contributed by atoms with Crippen molar-refractivity contribution in [3.05, 3.63) is 109 Å². The molecule has 0 saturated heterocycles. The number of amides is 1. The summed E-state index contributed by atoms with van der Waals surface area (Å²) in [6.45, 7) is 4.68. The number of allylic oxidation sites excluding steroid dienone is 17. The fourth-order valence-electron chi connectivity index (χ4n) is 9.00. The maximum Gasteiger partial charge on any atom is 0.472 e. The van der Waals surface area contributed by atoms with Gasteiger partial charge in [-0.15, -0.1) is 0 Å². The Morgan fingerprint density at radius 3 is 1.13 bits per heavy atom. The summed E-state index contributed by atoms with van der Waals surface area (Å²) in [5.74, 6) is -0.221. The molecule has 0 aromatic rings. The summed E-state index contributed by atoms with van der Waals surface area (Å²) in [5.41, 5.74) is 0. The highest BCUT2D eigenvalue weighted by Crippen LogP contribution is 2.43. The minimum atomic E-state index is -4.37. The van der Waals surface area contributed by atoms with E-state index >= 15 is 0 Å². The quantitative estimate of drug-likeness (QED) is 0.0243. The van der Waals surface area contributed by atoms with Gasteiger partial charge < -0.3 is 19.8 Å². The molecule has 9 heteroatoms. The predicted octanol–water partition coefficient (Wildman–Crippen LogP) is 20.3. The summed E-state index contributed by atoms with van der Waals surface area (Å²) < 4.78 is 23.7. The average molecular weight is 1110 g/mol. The van der Waals surface area contributed by atoms with E-state index in [4.69, 9.17) is 9.05 Å². The zero-order valence-electron chi connectivity index (χ0n) is 51.4. The Morgan fingerprint density at radius 2 is 0.769 bits per heavy atom. The molecule has 8 nitrogen and oxygen atoms in total. The molecule has 0 fully saturated rings. The van der Waals surface area contributed by atoms with Gasteiger partial charge in [-0.2, -0.15) is 0 Å². The van der Waals surface area contributed by atoms with Crippen molar-refractivity contribution >= 4 is 13.7 Å². The molecule has 3 unspecified atom stereocenters. The van der Waals surface area contributed by atoms with Gasteiger partial charge in [0, 0.05) is 6.42 Å². The summed E-state index contributed by atoms with van der Waals surface area (Å²) in [6.07, 6.45) is 86.5. The van der Waals surface area contributed by atoms with E-state index in [9.17, 15) is 19.4 Å². The summed E-state index contributed by atoms with van der Waals surface area (Å²) in [7, 11) is 1.53. The van der Waals surface area contributed by atoms with Gasteiger partial charge in [0.25, 0.3) is 0 Å². The van der Waals surface area contributed by atoms with E-state index in [1.165, 1.54) is 161 Å². The van der Waals surface area contributed by atoms with Crippen molar-refractivity contribution in [1.29, 1.82) is 0 Å². The number of aliphatic hydroxyl groups is 1. The zero-order valence-corrected chi connectivity index (χ0v) is 52.3. The summed E-state index contributed by atoms with van der Waals surface area (Å²) in [5, 5.41) is 14.0. The number of rotatable bonds is 58. The lowest BCUT2D eigenvalue weighted by molar-refractivity contribution is -0.870. The molecule has 0 saturated carbocycles. The largest absolute Gasteiger partial charge is 0.472 e. The number of quaternary nitrogens is 1. The predicted molar refractivity (Wildman–Crippen MR) is 341 cm³/mol. The van der Waals surface area contributed by atoms with Crippen LogP contribution in [-0.2, 0) is 18.4 Å². The number of hydrogen-bond acceptors (Lipinski definition) is 5. The van der Waals surface area contributed by atoms with Crippen molar-refractivity contribution in [3.63, 3.8) is 0 Å². The number of aliphatic hydroxyl groups excluding tert-OH is 1. The maximum absolute atomic E-state index is 13.0. The number of carbonyl (C=O) groups excluding carboxylic acids is 1. The molecule has 3 N–H and O–H groups in total. The standard InChI is InChI=1S/C69H123N2O6P/c1-6-8-10-12-14-16-18-20-22-24-26-28-30-32-34-35-37-38-40-42-44-46-48-50-52-54-56-58-60-62-68(72)67(66-77-78(74,75)76-65-64-71(3,4)5)70-69(73)63-61-59-57-55-53-51-49-47-45-43-41-39-36-33-31-29-27-25-23-21-19-17-15-13-11-9-7-2/h9,11,15,17,21,23,27,29,33,36,41,43,47,49,53,55,60,62,67-68,72H,6-8,10,12-14,16,18-20,22,24-26,28,30-32,34-35,37-40,42,44-46,48,50-52,54,56-59,61,63-66H2,1-5H3,(H-,70,73,74,75)/p+1/b11-9-,17-15-,23-21-,29-27-,36-33-,43-41-,49-47-,55-53-,62-60+. The first-order valence-corrected chi connectivity index (χ1v) is 33.8. The molecule has 0 bridgehead atoms. The first-order valence-electron chi connectivity index (χ1n) is 32.3. The Kier molecular flexibility index (Phi) is 56.7. The number of nitrogens with zero attached hydrogens (tertiary/aromatic N) is 1. The number of unbranched alkanes of at least 4 members (excludes halogenated alkanes) is 29. The van der Waals surface area contributed by atoms with Crippen LogP contribution in [0.2, 0.25) is 0 Å². The molecule has 0 aliphatic rings. The Hall–Kier alpha value is -2.84. The van der Waals surface area contributed by atoms with E-state index < -0.39 is 20.0 Å². The molecular formula is C69H124N2O6P+. The van der Waals surface area contributed by atoms with E-state index in [2.05, 4.69) is 116 Å². The van der Waals surface area contributed by atoms with Crippen LogP contribution in [0.4, 0.5) is 0 Å². The van der Waals surface area contributed by atoms with E-state index in [1.807, 2.05) is 27.2 Å². The molecule has 0 spiro atoms. The number of phosphoric acid groups is 1. The topological polar surface area (TPSA) is 105 Å². The Bertz CT molecular complexity index is 1640. The van der Waals surface area contributed by atoms with Crippen LogP contribution in [0.1, 0.15) is 271 Å². The maximum atomic E-state index is 13.0. The Labute approximate surface area is 482 Å². The van der Waals surface area contributed by atoms with Crippen molar-refractivity contribution in [2.75, 3.05) is 40.9 Å². The van der Waals surface area contributed by atoms with E-state index in [-0.39, 0.29) is 19.1 Å². The van der Waals surface area contributed by atoms with E-state index in [0.717, 1.165) is 83.5 Å². The van der Waals surface area contributed by atoms with Gasteiger partial charge in [0.2, 0.25) is 5.91 Å². The van der Waals surface area contributed by atoms with Crippen LogP contribution in [0.25, 0.3) is 0 Å². The van der Waals surface area contributed by atoms with Crippen LogP contribution in [-0.4, -0.2) is 73.4 Å². The van der Waals surface area contributed by atoms with Gasteiger partial charge in [0.1, 0.15) is 13.2 Å². The molecule has 78 heavy (non-hydrogen) atoms. The monoisotopic (exact) mass is 1110 g/mol. The first kappa shape index (κ1) is 75.2. The van der Waals surface area contributed by atoms with Gasteiger partial charge in [-0.3, -0.25) is 13.8 Å². The van der Waals surface area contributed by atoms with Crippen molar-refractivity contribution in [1.82, 2.24) is 5.32 Å². The SMILES string of the molecule is CC/C=C\C/C=C\C/C=C\C/C=C\C/C=C\C/C=C\C/C=C\C/C=C\CCCCC(=O)NC(COP(=O)(O)OCC[N+](C)(C)C)C(O)/C=C/CCCCCCCCCCCCCCCCCCCCCCCCCCCCC. The van der Waals surface area contributed by atoms with Crippen LogP contribution >= 0.6 is 7.82 Å². The van der Waals surface area contributed by atoms with Gasteiger partial charge in [-0.25, -0.2) is 4.57 Å². The third-order valence-electron chi connectivity index (χ3n) is 14.0. The Balaban J connectivity index is 4.25. The van der Waals surface area contributed by atoms with Crippen LogP contribution in [0.3, 0.4) is 0 Å². The Morgan fingerprint density at radius 1 is 0.449 bits per heavy atom. The molecule has 0 aliphatic carbocycles. The van der Waals surface area contributed by atoms with Crippen molar-refractivity contribution < 1.29 is 32.9 Å². The van der Waals surface area contributed by atoms with Crippen molar-refractivity contribution in [2.45, 2.75) is 283 Å². The molecular weight excluding hydrogens is 984 g/mol. The fraction of sp³-hybridized carbons (Fsp3) is 0.725. The second-order valence-corrected chi connectivity index (χ2v) is 24.2. The molecule has 0 radical (unpaired) electrons. The van der Waals surface area contributed by atoms with E-state index in [0.29, 0.717) is 23.9 Å². The highest BCUT2D eigenvalue weighted by atomic mass is 31.2. The number of phosphoric ester groups is 1. The van der Waals surface area contributed by atoms with Crippen LogP contribution < -0.4 is 5.32 Å². The molecule has 0 heterocycles. The third-order valence-corrected chi connectivity index (χ3v) is 15.0. The summed E-state index contributed by atoms with van der Waals surface area (Å²) in [6, 6.07) is -0.880. The third kappa shape index (κ3) is 60.8. The highest BCUT2D eigenvalue weighted by molar-refractivity contribution is 7.47. The second kappa shape index (κ2) is 58.8. The van der Waals surface area contributed by atoms with Crippen LogP contribution in [0, 0.1) is 0 Å². The molecule has 450 valence electrons. The number of hydrogen-bond donors (Lipinski definition) is 3. The lowest BCUT2D eigenvalue weighted by Gasteiger charge is -2.25. The second-order valence-electron chi connectivity index (χ2n) is 22.8. The van der Waals surface area contributed by atoms with Gasteiger partial charge >= 0.3 is 7.82 Å². The highest BCUT2D eigenvalue weighted by Gasteiger charge is 2.27. The zero-order chi connectivity index (χ0) is 57.0. The van der Waals surface area contributed by atoms with Gasteiger partial charge in [0.05, 0.1) is 39.9 Å². The first-order chi connectivity index (χ1) is 38.0. The van der Waals surface area contributed by atoms with Gasteiger partial charge in [0.15, 0.2) is 0 Å². The number of carbonyl (C=O) groups is 1. The van der Waals surface area contributed by atoms with Gasteiger partial charge in [-0.05, 0) is 83.5 Å². The molecule has 0 rings (SSSR count). The minimum absolute atomic E-state index is 0.0471. The average Bonchev–Trinajstić information content (AvgIpc) is 3.41. The normalized spacial score (nSPS) is 14.5. The lowest BCUT2D eigenvalue weighted by atomic mass is 10.0. The van der Waals surface area contributed by atoms with Crippen LogP contribution in [0.5, 0.6) is 0 Å². The van der Waals surface area contributed by atoms with Crippen molar-refractivity contribution in [2.24, 2.45) is 0 Å². The number of nitrogens with one attached hydrogen (secondary N) is 1. The molecule has 1 amide bonds. The fourth-order valence-corrected chi connectivity index (χ4v) is 9.74. The smallest absolute Gasteiger partial charge is 0.387 e. The summed E-state index contributed by atoms with van der Waals surface area (Å²) >= 11 is 0. The lowest BCUT2D eigenvalue weighted by Crippen LogP contribution is -2.45. The van der Waals surface area contributed by atoms with Gasteiger partial charge in [-0.1, -0.05) is 290 Å². The minimum Gasteiger partial charge on any atom is -0.387 e. The van der Waals surface area contributed by atoms with Crippen molar-refractivity contribution in [3.8, 4) is 0 Å². The summed E-state index contributed by atoms with van der Waals surface area (Å²) in [4.78, 5) is 23.4. The molecule has 0 aliphatic heterocycles. The van der Waals surface area contributed by atoms with E-state index in [1.54, 1.807) is 6.08 Å². The number of likely N-dealkylation sites (N-methyl/N-ethyl adjacent to an activating group) is 1. The molecule has 0 aromatic carbocycles. The molecule has 3 atom stereocenters.